The lowest BCUT2D eigenvalue weighted by Gasteiger charge is -2.24. The summed E-state index contributed by atoms with van der Waals surface area (Å²) in [6, 6.07) is 6.14. The number of nitrogens with zero attached hydrogens (tertiary/aromatic N) is 1. The minimum Gasteiger partial charge on any atom is -0.370 e. The zero-order chi connectivity index (χ0) is 10.7. The molecule has 17 heavy (non-hydrogen) atoms. The van der Waals surface area contributed by atoms with Crippen molar-refractivity contribution in [3.05, 3.63) is 28.8 Å². The van der Waals surface area contributed by atoms with Gasteiger partial charge in [0.15, 0.2) is 0 Å². The van der Waals surface area contributed by atoms with E-state index < -0.39 is 0 Å². The van der Waals surface area contributed by atoms with Crippen LogP contribution in [0.2, 0.25) is 5.02 Å². The summed E-state index contributed by atoms with van der Waals surface area (Å²) in [7, 11) is 0. The van der Waals surface area contributed by atoms with Crippen LogP contribution in [0.25, 0.3) is 0 Å². The van der Waals surface area contributed by atoms with Crippen LogP contribution in [0.5, 0.6) is 0 Å². The van der Waals surface area contributed by atoms with Crippen molar-refractivity contribution in [2.45, 2.75) is 13.3 Å². The molecule has 0 aliphatic carbocycles. The van der Waals surface area contributed by atoms with Crippen LogP contribution in [0.4, 0.5) is 5.69 Å². The molecule has 1 fully saturated rings. The standard InChI is InChI=1S/C12H17ClN2.2ClH/c1-10-11(13)4-2-5-12(10)15-8-3-6-14-7-9-15;;/h2,4-5,14H,3,6-9H2,1H3;2*1H. The van der Waals surface area contributed by atoms with Crippen molar-refractivity contribution in [3.63, 3.8) is 0 Å². The third-order valence-electron chi connectivity index (χ3n) is 2.92. The maximum Gasteiger partial charge on any atom is 0.0455 e. The Morgan fingerprint density at radius 1 is 1.18 bits per heavy atom. The van der Waals surface area contributed by atoms with Gasteiger partial charge in [-0.05, 0) is 37.6 Å². The summed E-state index contributed by atoms with van der Waals surface area (Å²) in [6.45, 7) is 6.47. The van der Waals surface area contributed by atoms with E-state index in [0.29, 0.717) is 0 Å². The van der Waals surface area contributed by atoms with E-state index in [1.807, 2.05) is 12.1 Å². The monoisotopic (exact) mass is 296 g/mol. The second kappa shape index (κ2) is 8.04. The zero-order valence-corrected chi connectivity index (χ0v) is 12.3. The Morgan fingerprint density at radius 3 is 2.71 bits per heavy atom. The first kappa shape index (κ1) is 16.9. The molecule has 0 bridgehead atoms. The van der Waals surface area contributed by atoms with Crippen molar-refractivity contribution in [1.29, 1.82) is 0 Å². The smallest absolute Gasteiger partial charge is 0.0455 e. The summed E-state index contributed by atoms with van der Waals surface area (Å²) in [5.41, 5.74) is 2.48. The van der Waals surface area contributed by atoms with Gasteiger partial charge in [0.2, 0.25) is 0 Å². The van der Waals surface area contributed by atoms with E-state index in [1.54, 1.807) is 0 Å². The average Bonchev–Trinajstić information content (AvgIpc) is 2.50. The van der Waals surface area contributed by atoms with Crippen LogP contribution in [-0.4, -0.2) is 26.2 Å². The minimum atomic E-state index is 0. The molecular weight excluding hydrogens is 279 g/mol. The van der Waals surface area contributed by atoms with Crippen molar-refractivity contribution in [1.82, 2.24) is 5.32 Å². The highest BCUT2D eigenvalue weighted by molar-refractivity contribution is 6.31. The van der Waals surface area contributed by atoms with Crippen LogP contribution < -0.4 is 10.2 Å². The Kier molecular flexibility index (Phi) is 7.97. The Hall–Kier alpha value is -0.150. The lowest BCUT2D eigenvalue weighted by molar-refractivity contribution is 0.724. The normalized spacial score (nSPS) is 15.5. The lowest BCUT2D eigenvalue weighted by Crippen LogP contribution is -2.28. The van der Waals surface area contributed by atoms with Gasteiger partial charge in [-0.25, -0.2) is 0 Å². The summed E-state index contributed by atoms with van der Waals surface area (Å²) >= 11 is 6.13. The molecule has 2 rings (SSSR count). The van der Waals surface area contributed by atoms with Crippen molar-refractivity contribution in [2.75, 3.05) is 31.1 Å². The second-order valence-electron chi connectivity index (χ2n) is 3.97. The summed E-state index contributed by atoms with van der Waals surface area (Å²) < 4.78 is 0. The SMILES string of the molecule is Cc1c(Cl)cccc1N1CCCNCC1.Cl.Cl. The van der Waals surface area contributed by atoms with E-state index >= 15 is 0 Å². The topological polar surface area (TPSA) is 15.3 Å². The number of benzene rings is 1. The molecule has 1 saturated heterocycles. The fourth-order valence-electron chi connectivity index (χ4n) is 2.03. The van der Waals surface area contributed by atoms with Crippen molar-refractivity contribution in [2.24, 2.45) is 0 Å². The van der Waals surface area contributed by atoms with Crippen LogP contribution in [0.3, 0.4) is 0 Å². The van der Waals surface area contributed by atoms with Gasteiger partial charge in [-0.3, -0.25) is 0 Å². The van der Waals surface area contributed by atoms with Gasteiger partial charge in [0.25, 0.3) is 0 Å². The first-order valence-corrected chi connectivity index (χ1v) is 5.87. The second-order valence-corrected chi connectivity index (χ2v) is 4.38. The molecule has 0 unspecified atom stereocenters. The van der Waals surface area contributed by atoms with Gasteiger partial charge in [0.1, 0.15) is 0 Å². The third-order valence-corrected chi connectivity index (χ3v) is 3.33. The average molecular weight is 298 g/mol. The molecule has 5 heteroatoms. The molecule has 1 aliphatic rings. The van der Waals surface area contributed by atoms with Gasteiger partial charge in [-0.1, -0.05) is 17.7 Å². The van der Waals surface area contributed by atoms with Crippen LogP contribution >= 0.6 is 36.4 Å². The van der Waals surface area contributed by atoms with Crippen LogP contribution in [-0.2, 0) is 0 Å². The predicted molar refractivity (Wildman–Crippen MR) is 80.4 cm³/mol. The maximum absolute atomic E-state index is 6.13. The molecule has 98 valence electrons. The molecule has 1 N–H and O–H groups in total. The summed E-state index contributed by atoms with van der Waals surface area (Å²) in [5.74, 6) is 0. The number of rotatable bonds is 1. The predicted octanol–water partition coefficient (Wildman–Crippen LogP) is 3.29. The van der Waals surface area contributed by atoms with E-state index in [1.165, 1.54) is 17.7 Å². The van der Waals surface area contributed by atoms with Gasteiger partial charge < -0.3 is 10.2 Å². The Labute approximate surface area is 121 Å². The fraction of sp³-hybridized carbons (Fsp3) is 0.500. The Morgan fingerprint density at radius 2 is 1.94 bits per heavy atom. The van der Waals surface area contributed by atoms with Gasteiger partial charge in [-0.15, -0.1) is 24.8 Å². The number of halogens is 3. The molecule has 0 radical (unpaired) electrons. The molecule has 0 spiro atoms. The Bertz CT molecular complexity index is 337. The summed E-state index contributed by atoms with van der Waals surface area (Å²) in [5, 5.41) is 4.27. The van der Waals surface area contributed by atoms with Gasteiger partial charge in [-0.2, -0.15) is 0 Å². The highest BCUT2D eigenvalue weighted by atomic mass is 35.5. The highest BCUT2D eigenvalue weighted by Crippen LogP contribution is 2.26. The van der Waals surface area contributed by atoms with Crippen molar-refractivity contribution in [3.8, 4) is 0 Å². The molecule has 1 aromatic rings. The van der Waals surface area contributed by atoms with Crippen LogP contribution in [0.15, 0.2) is 18.2 Å². The molecule has 1 heterocycles. The summed E-state index contributed by atoms with van der Waals surface area (Å²) in [4.78, 5) is 2.42. The number of nitrogens with one attached hydrogen (secondary N) is 1. The van der Waals surface area contributed by atoms with E-state index in [9.17, 15) is 0 Å². The maximum atomic E-state index is 6.13. The molecule has 2 nitrogen and oxygen atoms in total. The largest absolute Gasteiger partial charge is 0.370 e. The third kappa shape index (κ3) is 4.22. The van der Waals surface area contributed by atoms with Gasteiger partial charge >= 0.3 is 0 Å². The van der Waals surface area contributed by atoms with Crippen molar-refractivity contribution >= 4 is 42.1 Å². The van der Waals surface area contributed by atoms with Crippen molar-refractivity contribution < 1.29 is 0 Å². The van der Waals surface area contributed by atoms with E-state index in [2.05, 4.69) is 23.2 Å². The quantitative estimate of drug-likeness (QED) is 0.856. The zero-order valence-electron chi connectivity index (χ0n) is 9.91. The molecule has 0 aromatic heterocycles. The number of hydrogen-bond donors (Lipinski definition) is 1. The van der Waals surface area contributed by atoms with E-state index in [0.717, 1.165) is 31.2 Å². The van der Waals surface area contributed by atoms with Crippen LogP contribution in [0.1, 0.15) is 12.0 Å². The van der Waals surface area contributed by atoms with Crippen LogP contribution in [0, 0.1) is 6.92 Å². The fourth-order valence-corrected chi connectivity index (χ4v) is 2.19. The molecule has 0 atom stereocenters. The molecular formula is C12H19Cl3N2. The number of anilines is 1. The molecule has 1 aromatic carbocycles. The number of hydrogen-bond acceptors (Lipinski definition) is 2. The van der Waals surface area contributed by atoms with Gasteiger partial charge in [0, 0.05) is 30.3 Å². The lowest BCUT2D eigenvalue weighted by atomic mass is 10.1. The molecule has 0 saturated carbocycles. The molecule has 0 amide bonds. The minimum absolute atomic E-state index is 0. The first-order valence-electron chi connectivity index (χ1n) is 5.50. The van der Waals surface area contributed by atoms with Gasteiger partial charge in [0.05, 0.1) is 0 Å². The first-order chi connectivity index (χ1) is 7.29. The Balaban J connectivity index is 0.00000128. The summed E-state index contributed by atoms with van der Waals surface area (Å²) in [6.07, 6.45) is 1.20. The van der Waals surface area contributed by atoms with E-state index in [4.69, 9.17) is 11.6 Å². The highest BCUT2D eigenvalue weighted by Gasteiger charge is 2.12. The molecule has 1 aliphatic heterocycles. The van der Waals surface area contributed by atoms with E-state index in [-0.39, 0.29) is 24.8 Å².